The van der Waals surface area contributed by atoms with Gasteiger partial charge in [-0.1, -0.05) is 36.4 Å². The Morgan fingerprint density at radius 3 is 1.97 bits per heavy atom. The van der Waals surface area contributed by atoms with Crippen molar-refractivity contribution in [2.24, 2.45) is 0 Å². The molecule has 2 fully saturated rings. The molecule has 0 bridgehead atoms. The Balaban J connectivity index is 1.49. The molecule has 0 spiro atoms. The van der Waals surface area contributed by atoms with Crippen LogP contribution in [-0.2, 0) is 18.9 Å². The predicted molar refractivity (Wildman–Crippen MR) is 104 cm³/mol. The first kappa shape index (κ1) is 19.6. The van der Waals surface area contributed by atoms with Gasteiger partial charge in [0.15, 0.2) is 5.79 Å². The molecule has 1 aliphatic carbocycles. The summed E-state index contributed by atoms with van der Waals surface area (Å²) in [5.41, 5.74) is 0.946. The van der Waals surface area contributed by atoms with E-state index in [1.807, 2.05) is 26.0 Å². The average Bonchev–Trinajstić information content (AvgIpc) is 3.03. The third-order valence-electron chi connectivity index (χ3n) is 5.13. The van der Waals surface area contributed by atoms with E-state index in [2.05, 4.69) is 0 Å². The normalized spacial score (nSPS) is 27.7. The van der Waals surface area contributed by atoms with Gasteiger partial charge in [-0.25, -0.2) is 9.59 Å². The summed E-state index contributed by atoms with van der Waals surface area (Å²) in [4.78, 5) is 25.1. The van der Waals surface area contributed by atoms with E-state index in [0.29, 0.717) is 24.0 Å². The van der Waals surface area contributed by atoms with Crippen LogP contribution in [0.4, 0.5) is 0 Å². The topological polar surface area (TPSA) is 71.1 Å². The molecular formula is C23H24O6. The number of carbonyl (C=O) groups excluding carboxylic acids is 2. The summed E-state index contributed by atoms with van der Waals surface area (Å²) in [6, 6.07) is 17.6. The molecule has 2 aromatic rings. The monoisotopic (exact) mass is 396 g/mol. The number of hydrogen-bond donors (Lipinski definition) is 0. The lowest BCUT2D eigenvalue weighted by Crippen LogP contribution is -2.48. The summed E-state index contributed by atoms with van der Waals surface area (Å²) < 4.78 is 23.5. The van der Waals surface area contributed by atoms with E-state index in [-0.39, 0.29) is 6.10 Å². The molecule has 0 aromatic heterocycles. The van der Waals surface area contributed by atoms with Crippen molar-refractivity contribution in [1.29, 1.82) is 0 Å². The fourth-order valence-electron chi connectivity index (χ4n) is 3.89. The van der Waals surface area contributed by atoms with E-state index in [1.54, 1.807) is 48.5 Å². The highest BCUT2D eigenvalue weighted by molar-refractivity contribution is 5.90. The molecular weight excluding hydrogens is 372 g/mol. The van der Waals surface area contributed by atoms with Crippen LogP contribution < -0.4 is 0 Å². The Bertz CT molecular complexity index is 863. The zero-order valence-corrected chi connectivity index (χ0v) is 16.4. The van der Waals surface area contributed by atoms with Crippen LogP contribution in [0.3, 0.4) is 0 Å². The van der Waals surface area contributed by atoms with Gasteiger partial charge in [0.25, 0.3) is 0 Å². The van der Waals surface area contributed by atoms with Crippen molar-refractivity contribution in [2.75, 3.05) is 0 Å². The van der Waals surface area contributed by atoms with Gasteiger partial charge < -0.3 is 18.9 Å². The van der Waals surface area contributed by atoms with E-state index in [4.69, 9.17) is 18.9 Å². The van der Waals surface area contributed by atoms with Crippen LogP contribution in [0.5, 0.6) is 0 Å². The molecule has 0 radical (unpaired) electrons. The van der Waals surface area contributed by atoms with Gasteiger partial charge in [0, 0.05) is 12.8 Å². The van der Waals surface area contributed by atoms with Gasteiger partial charge in [-0.05, 0) is 38.1 Å². The lowest BCUT2D eigenvalue weighted by Gasteiger charge is -2.35. The lowest BCUT2D eigenvalue weighted by molar-refractivity contribution is -0.154. The first-order valence-electron chi connectivity index (χ1n) is 9.79. The highest BCUT2D eigenvalue weighted by Crippen LogP contribution is 2.39. The van der Waals surface area contributed by atoms with E-state index < -0.39 is 36.0 Å². The van der Waals surface area contributed by atoms with Crippen LogP contribution in [0.2, 0.25) is 0 Å². The second kappa shape index (κ2) is 7.97. The molecule has 0 unspecified atom stereocenters. The first-order chi connectivity index (χ1) is 13.9. The van der Waals surface area contributed by atoms with E-state index >= 15 is 0 Å². The van der Waals surface area contributed by atoms with Gasteiger partial charge in [-0.3, -0.25) is 0 Å². The minimum atomic E-state index is -0.787. The maximum absolute atomic E-state index is 12.6. The molecule has 152 valence electrons. The number of benzene rings is 2. The predicted octanol–water partition coefficient (Wildman–Crippen LogP) is 3.75. The van der Waals surface area contributed by atoms with Crippen molar-refractivity contribution in [3.8, 4) is 0 Å². The summed E-state index contributed by atoms with van der Waals surface area (Å²) in [7, 11) is 0. The van der Waals surface area contributed by atoms with Crippen molar-refractivity contribution in [3.63, 3.8) is 0 Å². The van der Waals surface area contributed by atoms with Gasteiger partial charge in [-0.2, -0.15) is 0 Å². The fraction of sp³-hybridized carbons (Fsp3) is 0.391. The Labute approximate surface area is 169 Å². The van der Waals surface area contributed by atoms with E-state index in [1.165, 1.54) is 0 Å². The number of esters is 2. The van der Waals surface area contributed by atoms with Gasteiger partial charge in [-0.15, -0.1) is 0 Å². The molecule has 1 saturated carbocycles. The van der Waals surface area contributed by atoms with Crippen LogP contribution in [0.25, 0.3) is 0 Å². The summed E-state index contributed by atoms with van der Waals surface area (Å²) in [5.74, 6) is -1.62. The van der Waals surface area contributed by atoms with Crippen molar-refractivity contribution >= 4 is 11.9 Å². The number of fused-ring (bicyclic) bond motifs is 1. The molecule has 4 atom stereocenters. The zero-order valence-electron chi connectivity index (χ0n) is 16.4. The highest BCUT2D eigenvalue weighted by atomic mass is 16.8. The smallest absolute Gasteiger partial charge is 0.338 e. The van der Waals surface area contributed by atoms with E-state index in [9.17, 15) is 9.59 Å². The molecule has 6 nitrogen and oxygen atoms in total. The standard InChI is InChI=1S/C23H24O6/c1-23(2)28-19-14-17(26-21(24)15-9-5-3-6-10-15)13-18(20(19)29-23)27-22(25)16-11-7-4-8-12-16/h3-12,17-20H,13-14H2,1-2H3/t17-,18+,19+,20-/m0/s1. The van der Waals surface area contributed by atoms with Gasteiger partial charge >= 0.3 is 11.9 Å². The summed E-state index contributed by atoms with van der Waals surface area (Å²) in [6.07, 6.45) is -0.874. The Morgan fingerprint density at radius 1 is 0.828 bits per heavy atom. The van der Waals surface area contributed by atoms with Crippen LogP contribution >= 0.6 is 0 Å². The molecule has 0 amide bonds. The number of rotatable bonds is 4. The van der Waals surface area contributed by atoms with Crippen molar-refractivity contribution in [1.82, 2.24) is 0 Å². The molecule has 2 aliphatic rings. The maximum Gasteiger partial charge on any atom is 0.338 e. The van der Waals surface area contributed by atoms with Crippen LogP contribution in [0.1, 0.15) is 47.4 Å². The second-order valence-corrected chi connectivity index (χ2v) is 7.81. The van der Waals surface area contributed by atoms with Gasteiger partial charge in [0.1, 0.15) is 18.3 Å². The minimum Gasteiger partial charge on any atom is -0.459 e. The molecule has 2 aromatic carbocycles. The maximum atomic E-state index is 12.6. The first-order valence-corrected chi connectivity index (χ1v) is 9.79. The van der Waals surface area contributed by atoms with Crippen LogP contribution in [-0.4, -0.2) is 42.1 Å². The summed E-state index contributed by atoms with van der Waals surface area (Å²) >= 11 is 0. The molecule has 6 heteroatoms. The summed E-state index contributed by atoms with van der Waals surface area (Å²) in [6.45, 7) is 3.65. The zero-order chi connectivity index (χ0) is 20.4. The quantitative estimate of drug-likeness (QED) is 0.733. The second-order valence-electron chi connectivity index (χ2n) is 7.81. The minimum absolute atomic E-state index is 0.319. The van der Waals surface area contributed by atoms with Crippen molar-refractivity contribution in [3.05, 3.63) is 71.8 Å². The van der Waals surface area contributed by atoms with Crippen molar-refractivity contribution < 1.29 is 28.5 Å². The number of carbonyl (C=O) groups is 2. The van der Waals surface area contributed by atoms with Crippen LogP contribution in [0, 0.1) is 0 Å². The molecule has 0 N–H and O–H groups in total. The third kappa shape index (κ3) is 4.49. The summed E-state index contributed by atoms with van der Waals surface area (Å²) in [5, 5.41) is 0. The molecule has 1 saturated heterocycles. The van der Waals surface area contributed by atoms with E-state index in [0.717, 1.165) is 0 Å². The Kier molecular flexibility index (Phi) is 5.39. The molecule has 1 heterocycles. The molecule has 4 rings (SSSR count). The largest absolute Gasteiger partial charge is 0.459 e. The molecule has 1 aliphatic heterocycles. The number of ether oxygens (including phenoxy) is 4. The van der Waals surface area contributed by atoms with Gasteiger partial charge in [0.2, 0.25) is 0 Å². The average molecular weight is 396 g/mol. The van der Waals surface area contributed by atoms with Gasteiger partial charge in [0.05, 0.1) is 17.2 Å². The fourth-order valence-corrected chi connectivity index (χ4v) is 3.89. The van der Waals surface area contributed by atoms with Crippen LogP contribution in [0.15, 0.2) is 60.7 Å². The van der Waals surface area contributed by atoms with Crippen molar-refractivity contribution in [2.45, 2.75) is 56.9 Å². The number of hydrogen-bond acceptors (Lipinski definition) is 6. The SMILES string of the molecule is CC1(C)O[C@H]2[C@H](OC(=O)c3ccccc3)C[C@H](OC(=O)c3ccccc3)C[C@H]2O1. The third-order valence-corrected chi connectivity index (χ3v) is 5.13. The highest BCUT2D eigenvalue weighted by Gasteiger charge is 2.51. The Morgan fingerprint density at radius 2 is 1.38 bits per heavy atom. The molecule has 29 heavy (non-hydrogen) atoms. The lowest BCUT2D eigenvalue weighted by atomic mass is 9.89. The Hall–Kier alpha value is -2.70.